The van der Waals surface area contributed by atoms with E-state index in [1.54, 1.807) is 31.4 Å². The molecular formula is C16H24ClN2O4-. The van der Waals surface area contributed by atoms with Gasteiger partial charge in [0, 0.05) is 19.6 Å². The smallest absolute Gasteiger partial charge is 0.257 e. The van der Waals surface area contributed by atoms with Crippen LogP contribution in [0.25, 0.3) is 0 Å². The molecule has 1 heterocycles. The number of nitrogens with zero attached hydrogens (tertiary/aromatic N) is 1. The van der Waals surface area contributed by atoms with Crippen LogP contribution in [0.3, 0.4) is 0 Å². The molecule has 0 bridgehead atoms. The first-order valence-corrected chi connectivity index (χ1v) is 7.61. The van der Waals surface area contributed by atoms with Crippen molar-refractivity contribution >= 4 is 5.91 Å². The Morgan fingerprint density at radius 1 is 1.22 bits per heavy atom. The van der Waals surface area contributed by atoms with Crippen molar-refractivity contribution < 1.29 is 31.4 Å². The van der Waals surface area contributed by atoms with Gasteiger partial charge < -0.3 is 31.9 Å². The molecule has 6 nitrogen and oxygen atoms in total. The number of ether oxygens (including phenoxy) is 3. The van der Waals surface area contributed by atoms with Crippen LogP contribution < -0.4 is 27.2 Å². The molecule has 1 amide bonds. The fraction of sp³-hybridized carbons (Fsp3) is 0.562. The summed E-state index contributed by atoms with van der Waals surface area (Å²) in [5.74, 6) is 1.32. The maximum atomic E-state index is 11.7. The summed E-state index contributed by atoms with van der Waals surface area (Å²) in [5.41, 5.74) is 0. The van der Waals surface area contributed by atoms with Gasteiger partial charge in [-0.15, -0.1) is 0 Å². The van der Waals surface area contributed by atoms with Gasteiger partial charge in [-0.05, 0) is 37.2 Å². The van der Waals surface area contributed by atoms with Crippen LogP contribution in [0.15, 0.2) is 24.3 Å². The minimum absolute atomic E-state index is 0. The summed E-state index contributed by atoms with van der Waals surface area (Å²) in [6.07, 6.45) is 0.939. The van der Waals surface area contributed by atoms with Gasteiger partial charge in [-0.3, -0.25) is 9.69 Å². The van der Waals surface area contributed by atoms with Crippen molar-refractivity contribution in [1.82, 2.24) is 10.2 Å². The van der Waals surface area contributed by atoms with Gasteiger partial charge in [-0.2, -0.15) is 0 Å². The first-order valence-electron chi connectivity index (χ1n) is 7.61. The average molecular weight is 344 g/mol. The van der Waals surface area contributed by atoms with Gasteiger partial charge in [0.2, 0.25) is 0 Å². The molecule has 1 aromatic rings. The molecule has 1 aromatic carbocycles. The van der Waals surface area contributed by atoms with Gasteiger partial charge in [-0.1, -0.05) is 0 Å². The van der Waals surface area contributed by atoms with E-state index in [2.05, 4.69) is 10.2 Å². The molecule has 23 heavy (non-hydrogen) atoms. The molecule has 0 aliphatic carbocycles. The lowest BCUT2D eigenvalue weighted by molar-refractivity contribution is -0.123. The number of methoxy groups -OCH3 is 1. The molecule has 1 aliphatic heterocycles. The normalized spacial score (nSPS) is 14.7. The van der Waals surface area contributed by atoms with E-state index >= 15 is 0 Å². The highest BCUT2D eigenvalue weighted by Crippen LogP contribution is 2.16. The van der Waals surface area contributed by atoms with Crippen molar-refractivity contribution in [2.75, 3.05) is 53.1 Å². The highest BCUT2D eigenvalue weighted by atomic mass is 35.5. The Labute approximate surface area is 143 Å². The van der Waals surface area contributed by atoms with Gasteiger partial charge in [0.05, 0.1) is 20.3 Å². The number of nitrogens with one attached hydrogen (secondary N) is 1. The number of halogens is 1. The van der Waals surface area contributed by atoms with Crippen molar-refractivity contribution in [3.05, 3.63) is 24.3 Å². The number of hydrogen-bond donors (Lipinski definition) is 1. The predicted molar refractivity (Wildman–Crippen MR) is 83.4 cm³/mol. The SMILES string of the molecule is COc1ccc(OCC(=O)NCCCN2CCOCC2)cc1.[Cl-]. The van der Waals surface area contributed by atoms with Crippen LogP contribution in [0.2, 0.25) is 0 Å². The third-order valence-corrected chi connectivity index (χ3v) is 3.51. The molecule has 0 spiro atoms. The maximum Gasteiger partial charge on any atom is 0.257 e. The Bertz CT molecular complexity index is 450. The van der Waals surface area contributed by atoms with E-state index in [-0.39, 0.29) is 24.9 Å². The minimum Gasteiger partial charge on any atom is -1.00 e. The molecule has 1 fully saturated rings. The summed E-state index contributed by atoms with van der Waals surface area (Å²) in [6.45, 7) is 5.27. The van der Waals surface area contributed by atoms with Crippen LogP contribution in [-0.4, -0.2) is 63.9 Å². The number of amides is 1. The lowest BCUT2D eigenvalue weighted by atomic mass is 10.3. The van der Waals surface area contributed by atoms with E-state index in [1.165, 1.54) is 0 Å². The summed E-state index contributed by atoms with van der Waals surface area (Å²) < 4.78 is 15.8. The first kappa shape index (κ1) is 19.5. The lowest BCUT2D eigenvalue weighted by Crippen LogP contribution is -3.00. The second-order valence-corrected chi connectivity index (χ2v) is 5.12. The molecule has 130 valence electrons. The van der Waals surface area contributed by atoms with Gasteiger partial charge in [-0.25, -0.2) is 0 Å². The predicted octanol–water partition coefficient (Wildman–Crippen LogP) is -2.08. The Kier molecular flexibility index (Phi) is 9.43. The van der Waals surface area contributed by atoms with Gasteiger partial charge >= 0.3 is 0 Å². The van der Waals surface area contributed by atoms with E-state index < -0.39 is 0 Å². The first-order chi connectivity index (χ1) is 10.8. The van der Waals surface area contributed by atoms with Gasteiger partial charge in [0.15, 0.2) is 6.61 Å². The Balaban J connectivity index is 0.00000264. The van der Waals surface area contributed by atoms with Crippen molar-refractivity contribution in [2.45, 2.75) is 6.42 Å². The van der Waals surface area contributed by atoms with Gasteiger partial charge in [0.1, 0.15) is 11.5 Å². The highest BCUT2D eigenvalue weighted by molar-refractivity contribution is 5.77. The fourth-order valence-corrected chi connectivity index (χ4v) is 2.23. The maximum absolute atomic E-state index is 11.7. The van der Waals surface area contributed by atoms with Crippen LogP contribution in [0.4, 0.5) is 0 Å². The minimum atomic E-state index is -0.0993. The third kappa shape index (κ3) is 7.54. The highest BCUT2D eigenvalue weighted by Gasteiger charge is 2.09. The molecule has 2 rings (SSSR count). The summed E-state index contributed by atoms with van der Waals surface area (Å²) in [7, 11) is 1.61. The van der Waals surface area contributed by atoms with Crippen molar-refractivity contribution in [1.29, 1.82) is 0 Å². The molecule has 1 saturated heterocycles. The van der Waals surface area contributed by atoms with Crippen molar-refractivity contribution in [2.24, 2.45) is 0 Å². The third-order valence-electron chi connectivity index (χ3n) is 3.51. The molecular weight excluding hydrogens is 320 g/mol. The van der Waals surface area contributed by atoms with E-state index in [4.69, 9.17) is 14.2 Å². The molecule has 0 aromatic heterocycles. The fourth-order valence-electron chi connectivity index (χ4n) is 2.23. The molecule has 0 radical (unpaired) electrons. The molecule has 0 atom stereocenters. The Hall–Kier alpha value is -1.50. The zero-order chi connectivity index (χ0) is 15.6. The van der Waals surface area contributed by atoms with E-state index in [0.29, 0.717) is 12.3 Å². The number of carbonyl (C=O) groups is 1. The van der Waals surface area contributed by atoms with Crippen LogP contribution in [0.5, 0.6) is 11.5 Å². The molecule has 0 saturated carbocycles. The lowest BCUT2D eigenvalue weighted by Gasteiger charge is -2.26. The second-order valence-electron chi connectivity index (χ2n) is 5.12. The molecule has 7 heteroatoms. The van der Waals surface area contributed by atoms with Crippen LogP contribution in [-0.2, 0) is 9.53 Å². The number of rotatable bonds is 8. The number of benzene rings is 1. The second kappa shape index (κ2) is 11.1. The zero-order valence-electron chi connectivity index (χ0n) is 13.4. The van der Waals surface area contributed by atoms with Crippen LogP contribution in [0.1, 0.15) is 6.42 Å². The van der Waals surface area contributed by atoms with Crippen molar-refractivity contribution in [3.63, 3.8) is 0 Å². The summed E-state index contributed by atoms with van der Waals surface area (Å²) in [6, 6.07) is 7.17. The van der Waals surface area contributed by atoms with E-state index in [9.17, 15) is 4.79 Å². The van der Waals surface area contributed by atoms with Crippen LogP contribution in [0, 0.1) is 0 Å². The number of morpholine rings is 1. The number of carbonyl (C=O) groups excluding carboxylic acids is 1. The summed E-state index contributed by atoms with van der Waals surface area (Å²) in [5, 5.41) is 2.87. The Morgan fingerprint density at radius 2 is 1.87 bits per heavy atom. The molecule has 0 unspecified atom stereocenters. The van der Waals surface area contributed by atoms with E-state index in [1.807, 2.05) is 0 Å². The van der Waals surface area contributed by atoms with Crippen LogP contribution >= 0.6 is 0 Å². The quantitative estimate of drug-likeness (QED) is 0.549. The largest absolute Gasteiger partial charge is 1.00 e. The molecule has 1 aliphatic rings. The van der Waals surface area contributed by atoms with Gasteiger partial charge in [0.25, 0.3) is 5.91 Å². The summed E-state index contributed by atoms with van der Waals surface area (Å²) in [4.78, 5) is 14.0. The topological polar surface area (TPSA) is 60.0 Å². The number of hydrogen-bond acceptors (Lipinski definition) is 5. The zero-order valence-corrected chi connectivity index (χ0v) is 14.2. The standard InChI is InChI=1S/C16H24N2O4.ClH/c1-20-14-3-5-15(6-4-14)22-13-16(19)17-7-2-8-18-9-11-21-12-10-18;/h3-6H,2,7-13H2,1H3,(H,17,19);1H/p-1. The summed E-state index contributed by atoms with van der Waals surface area (Å²) >= 11 is 0. The van der Waals surface area contributed by atoms with Crippen molar-refractivity contribution in [3.8, 4) is 11.5 Å². The van der Waals surface area contributed by atoms with E-state index in [0.717, 1.165) is 45.0 Å². The Morgan fingerprint density at radius 3 is 2.52 bits per heavy atom. The average Bonchev–Trinajstić information content (AvgIpc) is 2.58. The molecule has 1 N–H and O–H groups in total. The monoisotopic (exact) mass is 343 g/mol.